The molecule has 0 unspecified atom stereocenters. The van der Waals surface area contributed by atoms with Crippen LogP contribution in [0.15, 0.2) is 29.8 Å². The summed E-state index contributed by atoms with van der Waals surface area (Å²) in [7, 11) is 1.73. The van der Waals surface area contributed by atoms with Gasteiger partial charge in [-0.05, 0) is 54.2 Å². The van der Waals surface area contributed by atoms with Crippen LogP contribution in [0.2, 0.25) is 0 Å². The van der Waals surface area contributed by atoms with Crippen molar-refractivity contribution >= 4 is 6.08 Å². The van der Waals surface area contributed by atoms with Crippen LogP contribution in [0.4, 0.5) is 0 Å². The molecule has 0 saturated heterocycles. The van der Waals surface area contributed by atoms with E-state index in [0.29, 0.717) is 5.41 Å². The molecule has 2 fully saturated rings. The Morgan fingerprint density at radius 3 is 2.78 bits per heavy atom. The summed E-state index contributed by atoms with van der Waals surface area (Å²) in [5.74, 6) is 2.68. The van der Waals surface area contributed by atoms with Crippen LogP contribution in [0.1, 0.15) is 38.7 Å². The lowest BCUT2D eigenvalue weighted by atomic mass is 9.72. The fourth-order valence-corrected chi connectivity index (χ4v) is 3.90. The van der Waals surface area contributed by atoms with Crippen LogP contribution in [0.5, 0.6) is 5.75 Å². The zero-order chi connectivity index (χ0) is 12.8. The Bertz CT molecular complexity index is 484. The van der Waals surface area contributed by atoms with E-state index >= 15 is 0 Å². The Morgan fingerprint density at radius 1 is 1.28 bits per heavy atom. The van der Waals surface area contributed by atoms with Crippen LogP contribution in [-0.2, 0) is 0 Å². The number of hydrogen-bond acceptors (Lipinski definition) is 1. The Labute approximate surface area is 110 Å². The molecule has 2 bridgehead atoms. The largest absolute Gasteiger partial charge is 0.497 e. The van der Waals surface area contributed by atoms with Gasteiger partial charge < -0.3 is 4.74 Å². The molecule has 0 heterocycles. The Morgan fingerprint density at radius 2 is 2.11 bits per heavy atom. The molecular formula is C17H22O. The molecule has 0 amide bonds. The highest BCUT2D eigenvalue weighted by atomic mass is 16.5. The van der Waals surface area contributed by atoms with Crippen molar-refractivity contribution in [2.45, 2.75) is 33.1 Å². The van der Waals surface area contributed by atoms with Crippen molar-refractivity contribution in [2.75, 3.05) is 7.11 Å². The minimum atomic E-state index is 0.395. The highest BCUT2D eigenvalue weighted by molar-refractivity contribution is 5.58. The molecule has 2 atom stereocenters. The highest BCUT2D eigenvalue weighted by Gasteiger charge is 2.48. The average Bonchev–Trinajstić information content (AvgIpc) is 2.92. The maximum absolute atomic E-state index is 5.30. The van der Waals surface area contributed by atoms with Crippen LogP contribution in [-0.4, -0.2) is 7.11 Å². The SMILES string of the molecule is COc1cccc(/C=C2\[C@H]3CC[C@H](C3)C2(C)C)c1. The first-order chi connectivity index (χ1) is 8.61. The minimum Gasteiger partial charge on any atom is -0.497 e. The molecule has 2 saturated carbocycles. The predicted molar refractivity (Wildman–Crippen MR) is 75.6 cm³/mol. The van der Waals surface area contributed by atoms with E-state index in [1.807, 2.05) is 6.07 Å². The first-order valence-electron chi connectivity index (χ1n) is 6.97. The summed E-state index contributed by atoms with van der Waals surface area (Å²) >= 11 is 0. The number of ether oxygens (including phenoxy) is 1. The third kappa shape index (κ3) is 1.77. The van der Waals surface area contributed by atoms with Gasteiger partial charge in [-0.3, -0.25) is 0 Å². The molecule has 96 valence electrons. The molecule has 2 aliphatic rings. The second-order valence-electron chi connectivity index (χ2n) is 6.30. The van der Waals surface area contributed by atoms with Crippen molar-refractivity contribution in [1.29, 1.82) is 0 Å². The van der Waals surface area contributed by atoms with Crippen LogP contribution >= 0.6 is 0 Å². The topological polar surface area (TPSA) is 9.23 Å². The minimum absolute atomic E-state index is 0.395. The maximum atomic E-state index is 5.30. The van der Waals surface area contributed by atoms with Crippen molar-refractivity contribution in [2.24, 2.45) is 17.3 Å². The van der Waals surface area contributed by atoms with Gasteiger partial charge in [0, 0.05) is 0 Å². The number of benzene rings is 1. The zero-order valence-electron chi connectivity index (χ0n) is 11.6. The second kappa shape index (κ2) is 4.15. The predicted octanol–water partition coefficient (Wildman–Crippen LogP) is 4.53. The summed E-state index contributed by atoms with van der Waals surface area (Å²) in [5, 5.41) is 0. The van der Waals surface area contributed by atoms with Crippen LogP contribution in [0, 0.1) is 17.3 Å². The zero-order valence-corrected chi connectivity index (χ0v) is 11.6. The van der Waals surface area contributed by atoms with Crippen molar-refractivity contribution in [3.8, 4) is 5.75 Å². The summed E-state index contributed by atoms with van der Waals surface area (Å²) in [6.45, 7) is 4.84. The molecule has 0 N–H and O–H groups in total. The van der Waals surface area contributed by atoms with E-state index in [2.05, 4.69) is 38.1 Å². The van der Waals surface area contributed by atoms with Gasteiger partial charge in [-0.25, -0.2) is 0 Å². The monoisotopic (exact) mass is 242 g/mol. The van der Waals surface area contributed by atoms with Gasteiger partial charge in [0.25, 0.3) is 0 Å². The normalized spacial score (nSPS) is 30.9. The molecule has 1 aromatic rings. The van der Waals surface area contributed by atoms with Gasteiger partial charge in [0.2, 0.25) is 0 Å². The fraction of sp³-hybridized carbons (Fsp3) is 0.529. The molecule has 18 heavy (non-hydrogen) atoms. The third-order valence-electron chi connectivity index (χ3n) is 5.05. The van der Waals surface area contributed by atoms with E-state index in [1.165, 1.54) is 24.8 Å². The summed E-state index contributed by atoms with van der Waals surface area (Å²) in [5.41, 5.74) is 3.34. The van der Waals surface area contributed by atoms with Crippen LogP contribution in [0.3, 0.4) is 0 Å². The average molecular weight is 242 g/mol. The number of fused-ring (bicyclic) bond motifs is 2. The Hall–Kier alpha value is -1.24. The van der Waals surface area contributed by atoms with E-state index in [1.54, 1.807) is 12.7 Å². The quantitative estimate of drug-likeness (QED) is 0.740. The molecule has 3 rings (SSSR count). The van der Waals surface area contributed by atoms with E-state index in [9.17, 15) is 0 Å². The van der Waals surface area contributed by atoms with Crippen molar-refractivity contribution in [1.82, 2.24) is 0 Å². The summed E-state index contributed by atoms with van der Waals surface area (Å²) in [4.78, 5) is 0. The van der Waals surface area contributed by atoms with Crippen LogP contribution < -0.4 is 4.74 Å². The lowest BCUT2D eigenvalue weighted by Gasteiger charge is -2.33. The van der Waals surface area contributed by atoms with Gasteiger partial charge in [0.15, 0.2) is 0 Å². The van der Waals surface area contributed by atoms with Gasteiger partial charge in [0.1, 0.15) is 5.75 Å². The third-order valence-corrected chi connectivity index (χ3v) is 5.05. The fourth-order valence-electron chi connectivity index (χ4n) is 3.90. The number of methoxy groups -OCH3 is 1. The molecule has 1 nitrogen and oxygen atoms in total. The molecule has 0 spiro atoms. The lowest BCUT2D eigenvalue weighted by Crippen LogP contribution is -2.22. The molecule has 0 aliphatic heterocycles. The smallest absolute Gasteiger partial charge is 0.119 e. The maximum Gasteiger partial charge on any atom is 0.119 e. The van der Waals surface area contributed by atoms with E-state index in [0.717, 1.165) is 17.6 Å². The standard InChI is InChI=1S/C17H22O/c1-17(2)14-8-7-13(11-14)16(17)10-12-5-4-6-15(9-12)18-3/h4-6,9-10,13-14H,7-8,11H2,1-3H3/b16-10+/t13-,14+/m0/s1. The van der Waals surface area contributed by atoms with Gasteiger partial charge in [-0.15, -0.1) is 0 Å². The second-order valence-corrected chi connectivity index (χ2v) is 6.30. The Kier molecular flexibility index (Phi) is 2.73. The number of rotatable bonds is 2. The highest BCUT2D eigenvalue weighted by Crippen LogP contribution is 2.59. The van der Waals surface area contributed by atoms with E-state index in [-0.39, 0.29) is 0 Å². The van der Waals surface area contributed by atoms with E-state index in [4.69, 9.17) is 4.74 Å². The van der Waals surface area contributed by atoms with Gasteiger partial charge >= 0.3 is 0 Å². The molecular weight excluding hydrogens is 220 g/mol. The summed E-state index contributed by atoms with van der Waals surface area (Å²) in [6.07, 6.45) is 6.63. The molecule has 1 aromatic carbocycles. The summed E-state index contributed by atoms with van der Waals surface area (Å²) in [6, 6.07) is 8.39. The van der Waals surface area contributed by atoms with Gasteiger partial charge in [0.05, 0.1) is 7.11 Å². The summed E-state index contributed by atoms with van der Waals surface area (Å²) < 4.78 is 5.30. The Balaban J connectivity index is 1.96. The van der Waals surface area contributed by atoms with Crippen LogP contribution in [0.25, 0.3) is 6.08 Å². The lowest BCUT2D eigenvalue weighted by molar-refractivity contribution is 0.290. The van der Waals surface area contributed by atoms with Crippen molar-refractivity contribution in [3.05, 3.63) is 35.4 Å². The number of hydrogen-bond donors (Lipinski definition) is 0. The van der Waals surface area contributed by atoms with Gasteiger partial charge in [-0.2, -0.15) is 0 Å². The molecule has 0 radical (unpaired) electrons. The first kappa shape index (κ1) is 11.8. The molecule has 0 aromatic heterocycles. The van der Waals surface area contributed by atoms with Gasteiger partial charge in [-0.1, -0.05) is 37.6 Å². The number of allylic oxidation sites excluding steroid dienone is 1. The molecule has 2 aliphatic carbocycles. The van der Waals surface area contributed by atoms with Crippen molar-refractivity contribution in [3.63, 3.8) is 0 Å². The van der Waals surface area contributed by atoms with E-state index < -0.39 is 0 Å². The first-order valence-corrected chi connectivity index (χ1v) is 6.97. The van der Waals surface area contributed by atoms with Crippen molar-refractivity contribution < 1.29 is 4.74 Å². The molecule has 1 heteroatoms.